The van der Waals surface area contributed by atoms with Crippen LogP contribution in [0, 0.1) is 0 Å². The van der Waals surface area contributed by atoms with E-state index in [1.165, 1.54) is 0 Å². The van der Waals surface area contributed by atoms with E-state index in [1.54, 1.807) is 29.2 Å². The monoisotopic (exact) mass is 239 g/mol. The summed E-state index contributed by atoms with van der Waals surface area (Å²) in [5, 5.41) is 9.98. The lowest BCUT2D eigenvalue weighted by atomic mass is 10.1. The number of rotatable bonds is 1. The zero-order chi connectivity index (χ0) is 11.5. The molecule has 1 amide bonds. The Morgan fingerprint density at radius 3 is 2.88 bits per heavy atom. The second-order valence-electron chi connectivity index (χ2n) is 4.03. The second kappa shape index (κ2) is 4.85. The average molecular weight is 240 g/mol. The lowest BCUT2D eigenvalue weighted by Crippen LogP contribution is -2.42. The summed E-state index contributed by atoms with van der Waals surface area (Å²) in [6, 6.07) is 7.00. The molecule has 0 saturated carbocycles. The summed E-state index contributed by atoms with van der Waals surface area (Å²) in [6.45, 7) is 1.10. The number of hydrogen-bond donors (Lipinski definition) is 1. The SMILES string of the molecule is O=C(c1ccccc1Cl)N1CCC[C@H](O)C1. The zero-order valence-electron chi connectivity index (χ0n) is 8.90. The van der Waals surface area contributed by atoms with Gasteiger partial charge in [0.1, 0.15) is 0 Å². The number of β-amino-alcohol motifs (C(OH)–C–C–N with tert-alkyl or cyclic N) is 1. The third-order valence-corrected chi connectivity index (χ3v) is 3.12. The van der Waals surface area contributed by atoms with Crippen molar-refractivity contribution in [2.45, 2.75) is 18.9 Å². The molecule has 1 aromatic carbocycles. The highest BCUT2D eigenvalue weighted by Crippen LogP contribution is 2.19. The topological polar surface area (TPSA) is 40.5 Å². The van der Waals surface area contributed by atoms with Crippen LogP contribution in [0.4, 0.5) is 0 Å². The first kappa shape index (κ1) is 11.4. The van der Waals surface area contributed by atoms with Crippen molar-refractivity contribution in [1.82, 2.24) is 4.90 Å². The number of benzene rings is 1. The summed E-state index contributed by atoms with van der Waals surface area (Å²) in [4.78, 5) is 13.8. The molecule has 1 aliphatic rings. The number of aliphatic hydroxyl groups excluding tert-OH is 1. The van der Waals surface area contributed by atoms with Crippen LogP contribution in [-0.4, -0.2) is 35.1 Å². The van der Waals surface area contributed by atoms with Gasteiger partial charge in [0.05, 0.1) is 16.7 Å². The minimum Gasteiger partial charge on any atom is -0.391 e. The van der Waals surface area contributed by atoms with E-state index in [2.05, 4.69) is 0 Å². The first-order valence-corrected chi connectivity index (χ1v) is 5.78. The maximum absolute atomic E-state index is 12.1. The van der Waals surface area contributed by atoms with Crippen molar-refractivity contribution in [1.29, 1.82) is 0 Å². The van der Waals surface area contributed by atoms with Crippen LogP contribution in [0.2, 0.25) is 5.02 Å². The third-order valence-electron chi connectivity index (χ3n) is 2.79. The molecular weight excluding hydrogens is 226 g/mol. The van der Waals surface area contributed by atoms with Crippen molar-refractivity contribution in [2.24, 2.45) is 0 Å². The van der Waals surface area contributed by atoms with E-state index in [1.807, 2.05) is 0 Å². The quantitative estimate of drug-likeness (QED) is 0.814. The Bertz CT molecular complexity index is 394. The molecule has 0 unspecified atom stereocenters. The van der Waals surface area contributed by atoms with Crippen LogP contribution in [-0.2, 0) is 0 Å². The fraction of sp³-hybridized carbons (Fsp3) is 0.417. The van der Waals surface area contributed by atoms with E-state index >= 15 is 0 Å². The van der Waals surface area contributed by atoms with Gasteiger partial charge in [-0.25, -0.2) is 0 Å². The normalized spacial score (nSPS) is 20.9. The molecule has 4 heteroatoms. The molecule has 1 aliphatic heterocycles. The lowest BCUT2D eigenvalue weighted by molar-refractivity contribution is 0.0474. The number of halogens is 1. The molecule has 1 heterocycles. The third kappa shape index (κ3) is 2.36. The van der Waals surface area contributed by atoms with Crippen molar-refractivity contribution in [3.8, 4) is 0 Å². The molecule has 2 rings (SSSR count). The molecule has 1 atom stereocenters. The summed E-state index contributed by atoms with van der Waals surface area (Å²) in [6.07, 6.45) is 1.21. The van der Waals surface area contributed by atoms with Gasteiger partial charge in [0, 0.05) is 13.1 Å². The molecule has 86 valence electrons. The standard InChI is InChI=1S/C12H14ClNO2/c13-11-6-2-1-5-10(11)12(16)14-7-3-4-9(15)8-14/h1-2,5-6,9,15H,3-4,7-8H2/t9-/m0/s1. The van der Waals surface area contributed by atoms with Crippen molar-refractivity contribution in [3.05, 3.63) is 34.9 Å². The molecule has 0 aliphatic carbocycles. The molecule has 1 aromatic rings. The van der Waals surface area contributed by atoms with E-state index < -0.39 is 6.10 Å². The minimum absolute atomic E-state index is 0.0932. The van der Waals surface area contributed by atoms with Gasteiger partial charge in [0.25, 0.3) is 5.91 Å². The van der Waals surface area contributed by atoms with Crippen molar-refractivity contribution >= 4 is 17.5 Å². The Balaban J connectivity index is 2.16. The predicted octanol–water partition coefficient (Wildman–Crippen LogP) is 1.94. The summed E-state index contributed by atoms with van der Waals surface area (Å²) < 4.78 is 0. The van der Waals surface area contributed by atoms with Crippen LogP contribution < -0.4 is 0 Å². The molecule has 1 N–H and O–H groups in total. The highest BCUT2D eigenvalue weighted by Gasteiger charge is 2.23. The molecule has 3 nitrogen and oxygen atoms in total. The Hall–Kier alpha value is -1.06. The molecule has 0 aromatic heterocycles. The molecule has 1 saturated heterocycles. The Morgan fingerprint density at radius 2 is 2.19 bits per heavy atom. The van der Waals surface area contributed by atoms with Gasteiger partial charge in [0.2, 0.25) is 0 Å². The first-order chi connectivity index (χ1) is 7.68. The summed E-state index contributed by atoms with van der Waals surface area (Å²) in [5.41, 5.74) is 0.512. The van der Waals surface area contributed by atoms with E-state index in [4.69, 9.17) is 11.6 Å². The molecular formula is C12H14ClNO2. The number of amides is 1. The Kier molecular flexibility index (Phi) is 3.46. The van der Waals surface area contributed by atoms with Crippen molar-refractivity contribution < 1.29 is 9.90 Å². The Labute approximate surface area is 99.6 Å². The number of nitrogens with zero attached hydrogens (tertiary/aromatic N) is 1. The fourth-order valence-corrected chi connectivity index (χ4v) is 2.16. The fourth-order valence-electron chi connectivity index (χ4n) is 1.94. The average Bonchev–Trinajstić information content (AvgIpc) is 2.29. The number of aliphatic hydroxyl groups is 1. The van der Waals surface area contributed by atoms with Crippen LogP contribution in [0.15, 0.2) is 24.3 Å². The van der Waals surface area contributed by atoms with Gasteiger partial charge in [-0.15, -0.1) is 0 Å². The van der Waals surface area contributed by atoms with Gasteiger partial charge in [-0.1, -0.05) is 23.7 Å². The highest BCUT2D eigenvalue weighted by atomic mass is 35.5. The number of likely N-dealkylation sites (tertiary alicyclic amines) is 1. The van der Waals surface area contributed by atoms with Gasteiger partial charge >= 0.3 is 0 Å². The lowest BCUT2D eigenvalue weighted by Gasteiger charge is -2.30. The largest absolute Gasteiger partial charge is 0.391 e. The maximum Gasteiger partial charge on any atom is 0.255 e. The van der Waals surface area contributed by atoms with E-state index in [0.29, 0.717) is 23.7 Å². The van der Waals surface area contributed by atoms with E-state index in [9.17, 15) is 9.90 Å². The second-order valence-corrected chi connectivity index (χ2v) is 4.43. The van der Waals surface area contributed by atoms with Gasteiger partial charge in [-0.05, 0) is 25.0 Å². The summed E-state index contributed by atoms with van der Waals surface area (Å²) >= 11 is 5.96. The smallest absolute Gasteiger partial charge is 0.255 e. The van der Waals surface area contributed by atoms with Crippen LogP contribution in [0.3, 0.4) is 0 Å². The van der Waals surface area contributed by atoms with Crippen molar-refractivity contribution in [3.63, 3.8) is 0 Å². The summed E-state index contributed by atoms with van der Waals surface area (Å²) in [7, 11) is 0. The van der Waals surface area contributed by atoms with Gasteiger partial charge < -0.3 is 10.0 Å². The Morgan fingerprint density at radius 1 is 1.44 bits per heavy atom. The number of carbonyl (C=O) groups is 1. The van der Waals surface area contributed by atoms with Crippen LogP contribution >= 0.6 is 11.6 Å². The zero-order valence-corrected chi connectivity index (χ0v) is 9.65. The number of carbonyl (C=O) groups excluding carboxylic acids is 1. The van der Waals surface area contributed by atoms with Crippen LogP contribution in [0.25, 0.3) is 0 Å². The number of piperidine rings is 1. The van der Waals surface area contributed by atoms with E-state index in [0.717, 1.165) is 12.8 Å². The molecule has 16 heavy (non-hydrogen) atoms. The molecule has 0 spiro atoms. The highest BCUT2D eigenvalue weighted by molar-refractivity contribution is 6.33. The number of hydrogen-bond acceptors (Lipinski definition) is 2. The van der Waals surface area contributed by atoms with Crippen molar-refractivity contribution in [2.75, 3.05) is 13.1 Å². The molecule has 0 radical (unpaired) electrons. The van der Waals surface area contributed by atoms with Gasteiger partial charge in [-0.3, -0.25) is 4.79 Å². The maximum atomic E-state index is 12.1. The summed E-state index contributed by atoms with van der Waals surface area (Å²) in [5.74, 6) is -0.0932. The molecule has 0 bridgehead atoms. The van der Waals surface area contributed by atoms with Crippen LogP contribution in [0.5, 0.6) is 0 Å². The van der Waals surface area contributed by atoms with E-state index in [-0.39, 0.29) is 5.91 Å². The minimum atomic E-state index is -0.403. The molecule has 1 fully saturated rings. The first-order valence-electron chi connectivity index (χ1n) is 5.40. The predicted molar refractivity (Wildman–Crippen MR) is 62.6 cm³/mol. The van der Waals surface area contributed by atoms with Gasteiger partial charge in [0.15, 0.2) is 0 Å². The van der Waals surface area contributed by atoms with Crippen LogP contribution in [0.1, 0.15) is 23.2 Å². The van der Waals surface area contributed by atoms with Gasteiger partial charge in [-0.2, -0.15) is 0 Å².